The van der Waals surface area contributed by atoms with Crippen molar-refractivity contribution >= 4 is 60.5 Å². The van der Waals surface area contributed by atoms with Crippen molar-refractivity contribution in [3.05, 3.63) is 224 Å². The van der Waals surface area contributed by atoms with Gasteiger partial charge in [0.25, 0.3) is 0 Å². The number of para-hydroxylation sites is 3. The standard InChI is InChI=1S/C56H37NO/c1-2-13-38(14-3-1)40-25-28-43(29-26-40)47-18-8-10-23-53(47)57(46-34-31-41(32-35-46)45-30-27-39-15-4-5-17-44(39)37-45)54-24-11-9-20-49(54)50-21-12-22-51-52-36-33-42-16-6-7-19-48(42)55(52)58-56(50)51/h1-37H. The minimum absolute atomic E-state index is 0.887. The minimum Gasteiger partial charge on any atom is -0.455 e. The van der Waals surface area contributed by atoms with Gasteiger partial charge < -0.3 is 9.32 Å². The van der Waals surface area contributed by atoms with E-state index in [0.717, 1.165) is 66.6 Å². The van der Waals surface area contributed by atoms with Crippen molar-refractivity contribution in [3.63, 3.8) is 0 Å². The molecule has 0 aliphatic heterocycles. The summed E-state index contributed by atoms with van der Waals surface area (Å²) in [5, 5.41) is 7.00. The van der Waals surface area contributed by atoms with Crippen LogP contribution in [-0.2, 0) is 0 Å². The Morgan fingerprint density at radius 3 is 1.60 bits per heavy atom. The molecule has 11 rings (SSSR count). The fraction of sp³-hybridized carbons (Fsp3) is 0. The summed E-state index contributed by atoms with van der Waals surface area (Å²) in [5.74, 6) is 0. The zero-order valence-corrected chi connectivity index (χ0v) is 31.7. The number of anilines is 3. The highest BCUT2D eigenvalue weighted by atomic mass is 16.3. The Labute approximate surface area is 337 Å². The zero-order valence-electron chi connectivity index (χ0n) is 31.7. The molecule has 1 heterocycles. The van der Waals surface area contributed by atoms with Gasteiger partial charge in [0.1, 0.15) is 11.2 Å². The third kappa shape index (κ3) is 5.82. The maximum absolute atomic E-state index is 6.91. The first-order valence-electron chi connectivity index (χ1n) is 19.8. The van der Waals surface area contributed by atoms with Gasteiger partial charge in [0.2, 0.25) is 0 Å². The van der Waals surface area contributed by atoms with Crippen LogP contribution in [0.5, 0.6) is 0 Å². The smallest absolute Gasteiger partial charge is 0.143 e. The molecule has 0 aliphatic rings. The van der Waals surface area contributed by atoms with Crippen molar-refractivity contribution in [2.24, 2.45) is 0 Å². The number of nitrogens with zero attached hydrogens (tertiary/aromatic N) is 1. The van der Waals surface area contributed by atoms with E-state index >= 15 is 0 Å². The summed E-state index contributed by atoms with van der Waals surface area (Å²) in [4.78, 5) is 2.41. The van der Waals surface area contributed by atoms with E-state index in [-0.39, 0.29) is 0 Å². The lowest BCUT2D eigenvalue weighted by atomic mass is 9.96. The van der Waals surface area contributed by atoms with Gasteiger partial charge in [-0.25, -0.2) is 0 Å². The zero-order chi connectivity index (χ0) is 38.4. The van der Waals surface area contributed by atoms with Gasteiger partial charge in [-0.15, -0.1) is 0 Å². The quantitative estimate of drug-likeness (QED) is 0.162. The van der Waals surface area contributed by atoms with E-state index in [2.05, 4.69) is 229 Å². The van der Waals surface area contributed by atoms with Gasteiger partial charge >= 0.3 is 0 Å². The molecule has 0 unspecified atom stereocenters. The highest BCUT2D eigenvalue weighted by Crippen LogP contribution is 2.47. The number of furan rings is 1. The predicted octanol–water partition coefficient (Wildman–Crippen LogP) is 16.0. The maximum atomic E-state index is 6.91. The van der Waals surface area contributed by atoms with Crippen LogP contribution in [0.3, 0.4) is 0 Å². The molecule has 58 heavy (non-hydrogen) atoms. The molecule has 2 heteroatoms. The first-order valence-corrected chi connectivity index (χ1v) is 19.8. The van der Waals surface area contributed by atoms with Gasteiger partial charge in [0.15, 0.2) is 0 Å². The van der Waals surface area contributed by atoms with Crippen molar-refractivity contribution in [2.45, 2.75) is 0 Å². The average molecular weight is 740 g/mol. The van der Waals surface area contributed by atoms with E-state index in [1.54, 1.807) is 0 Å². The number of fused-ring (bicyclic) bond motifs is 6. The van der Waals surface area contributed by atoms with Crippen molar-refractivity contribution < 1.29 is 4.42 Å². The monoisotopic (exact) mass is 739 g/mol. The summed E-state index contributed by atoms with van der Waals surface area (Å²) in [6.07, 6.45) is 0. The van der Waals surface area contributed by atoms with Crippen LogP contribution in [0.2, 0.25) is 0 Å². The number of hydrogen-bond acceptors (Lipinski definition) is 2. The Bertz CT molecular complexity index is 3270. The Morgan fingerprint density at radius 2 is 0.793 bits per heavy atom. The van der Waals surface area contributed by atoms with Crippen molar-refractivity contribution in [2.75, 3.05) is 4.90 Å². The molecule has 0 saturated heterocycles. The Hall–Kier alpha value is -7.68. The normalized spacial score (nSPS) is 11.4. The van der Waals surface area contributed by atoms with Crippen LogP contribution in [0.15, 0.2) is 229 Å². The molecular formula is C56H37NO. The molecule has 0 spiro atoms. The molecule has 0 saturated carbocycles. The molecule has 0 radical (unpaired) electrons. The van der Waals surface area contributed by atoms with E-state index < -0.39 is 0 Å². The van der Waals surface area contributed by atoms with Crippen LogP contribution in [0, 0.1) is 0 Å². The first-order chi connectivity index (χ1) is 28.8. The fourth-order valence-electron chi connectivity index (χ4n) is 8.60. The SMILES string of the molecule is c1ccc(-c2ccc(-c3ccccc3N(c3ccc(-c4ccc5ccccc5c4)cc3)c3ccccc3-c3cccc4c3oc3c5ccccc5ccc43)cc2)cc1. The van der Waals surface area contributed by atoms with Crippen LogP contribution in [0.1, 0.15) is 0 Å². The topological polar surface area (TPSA) is 16.4 Å². The number of rotatable bonds is 7. The largest absolute Gasteiger partial charge is 0.455 e. The molecule has 1 aromatic heterocycles. The highest BCUT2D eigenvalue weighted by molar-refractivity contribution is 6.17. The lowest BCUT2D eigenvalue weighted by Crippen LogP contribution is -2.12. The van der Waals surface area contributed by atoms with Crippen molar-refractivity contribution in [1.82, 2.24) is 0 Å². The summed E-state index contributed by atoms with van der Waals surface area (Å²) >= 11 is 0. The molecule has 0 bridgehead atoms. The number of benzene rings is 10. The third-order valence-corrected chi connectivity index (χ3v) is 11.5. The van der Waals surface area contributed by atoms with Gasteiger partial charge in [0.05, 0.1) is 11.4 Å². The molecule has 0 aliphatic carbocycles. The van der Waals surface area contributed by atoms with E-state index in [0.29, 0.717) is 0 Å². The van der Waals surface area contributed by atoms with Gasteiger partial charge in [-0.3, -0.25) is 0 Å². The van der Waals surface area contributed by atoms with Crippen molar-refractivity contribution in [1.29, 1.82) is 0 Å². The first kappa shape index (κ1) is 33.6. The number of hydrogen-bond donors (Lipinski definition) is 0. The van der Waals surface area contributed by atoms with Crippen LogP contribution >= 0.6 is 0 Å². The second kappa shape index (κ2) is 14.1. The van der Waals surface area contributed by atoms with Crippen molar-refractivity contribution in [3.8, 4) is 44.5 Å². The molecule has 2 nitrogen and oxygen atoms in total. The van der Waals surface area contributed by atoms with Crippen LogP contribution in [-0.4, -0.2) is 0 Å². The Kier molecular flexibility index (Phi) is 8.19. The lowest BCUT2D eigenvalue weighted by molar-refractivity contribution is 0.674. The summed E-state index contributed by atoms with van der Waals surface area (Å²) in [7, 11) is 0. The highest BCUT2D eigenvalue weighted by Gasteiger charge is 2.23. The molecule has 0 fully saturated rings. The fourth-order valence-corrected chi connectivity index (χ4v) is 8.60. The Morgan fingerprint density at radius 1 is 0.276 bits per heavy atom. The van der Waals surface area contributed by atoms with E-state index in [4.69, 9.17) is 4.42 Å². The molecular weight excluding hydrogens is 703 g/mol. The third-order valence-electron chi connectivity index (χ3n) is 11.5. The second-order valence-corrected chi connectivity index (χ2v) is 14.9. The van der Waals surface area contributed by atoms with Gasteiger partial charge in [-0.2, -0.15) is 0 Å². The summed E-state index contributed by atoms with van der Waals surface area (Å²) < 4.78 is 6.91. The second-order valence-electron chi connectivity index (χ2n) is 14.9. The van der Waals surface area contributed by atoms with Crippen LogP contribution < -0.4 is 4.90 Å². The molecule has 11 aromatic rings. The predicted molar refractivity (Wildman–Crippen MR) is 245 cm³/mol. The van der Waals surface area contributed by atoms with Gasteiger partial charge in [-0.05, 0) is 80.4 Å². The average Bonchev–Trinajstić information content (AvgIpc) is 3.70. The summed E-state index contributed by atoms with van der Waals surface area (Å²) in [5.41, 5.74) is 14.2. The van der Waals surface area contributed by atoms with E-state index in [9.17, 15) is 0 Å². The Balaban J connectivity index is 1.10. The summed E-state index contributed by atoms with van der Waals surface area (Å²) in [6, 6.07) is 80.6. The lowest BCUT2D eigenvalue weighted by Gasteiger charge is -2.30. The van der Waals surface area contributed by atoms with Crippen LogP contribution in [0.25, 0.3) is 88.0 Å². The minimum atomic E-state index is 0.887. The molecule has 10 aromatic carbocycles. The molecule has 0 amide bonds. The molecule has 0 atom stereocenters. The van der Waals surface area contributed by atoms with Gasteiger partial charge in [-0.1, -0.05) is 188 Å². The van der Waals surface area contributed by atoms with E-state index in [1.807, 2.05) is 0 Å². The molecule has 272 valence electrons. The summed E-state index contributed by atoms with van der Waals surface area (Å²) in [6.45, 7) is 0. The van der Waals surface area contributed by atoms with Crippen LogP contribution in [0.4, 0.5) is 17.1 Å². The van der Waals surface area contributed by atoms with Gasteiger partial charge in [0, 0.05) is 38.5 Å². The maximum Gasteiger partial charge on any atom is 0.143 e. The molecule has 0 N–H and O–H groups in total. The van der Waals surface area contributed by atoms with E-state index in [1.165, 1.54) is 38.4 Å².